The lowest BCUT2D eigenvalue weighted by Gasteiger charge is -2.08. The van der Waals surface area contributed by atoms with E-state index in [2.05, 4.69) is 12.1 Å². The van der Waals surface area contributed by atoms with Gasteiger partial charge in [0.2, 0.25) is 0 Å². The summed E-state index contributed by atoms with van der Waals surface area (Å²) in [6.07, 6.45) is 6.75. The van der Waals surface area contributed by atoms with E-state index in [-0.39, 0.29) is 0 Å². The minimum atomic E-state index is 0.623. The van der Waals surface area contributed by atoms with Gasteiger partial charge in [-0.05, 0) is 36.1 Å². The Morgan fingerprint density at radius 2 is 1.67 bits per heavy atom. The van der Waals surface area contributed by atoms with E-state index in [1.807, 2.05) is 36.4 Å². The fourth-order valence-corrected chi connectivity index (χ4v) is 3.23. The summed E-state index contributed by atoms with van der Waals surface area (Å²) < 4.78 is 0. The van der Waals surface area contributed by atoms with Gasteiger partial charge in [-0.25, -0.2) is 0 Å². The van der Waals surface area contributed by atoms with Crippen molar-refractivity contribution in [1.29, 1.82) is 0 Å². The molecule has 1 N–H and O–H groups in total. The first-order valence-corrected chi connectivity index (χ1v) is 9.18. The van der Waals surface area contributed by atoms with Crippen LogP contribution in [0.1, 0.15) is 51.0 Å². The van der Waals surface area contributed by atoms with Gasteiger partial charge in [0.25, 0.3) is 0 Å². The Bertz CT molecular complexity index is 681. The van der Waals surface area contributed by atoms with Crippen LogP contribution in [0, 0.1) is 0 Å². The normalized spacial score (nSPS) is 11.7. The number of oxime groups is 1. The van der Waals surface area contributed by atoms with E-state index in [1.165, 1.54) is 25.7 Å². The second-order valence-corrected chi connectivity index (χ2v) is 6.76. The third-order valence-electron chi connectivity index (χ3n) is 4.10. The lowest BCUT2D eigenvalue weighted by Crippen LogP contribution is -2.01. The van der Waals surface area contributed by atoms with E-state index in [0.717, 1.165) is 35.2 Å². The number of rotatable bonds is 8. The van der Waals surface area contributed by atoms with Crippen molar-refractivity contribution in [1.82, 2.24) is 0 Å². The van der Waals surface area contributed by atoms with Crippen LogP contribution in [0.2, 0.25) is 10.0 Å². The highest BCUT2D eigenvalue weighted by molar-refractivity contribution is 6.36. The third-order valence-corrected chi connectivity index (χ3v) is 4.65. The molecule has 2 rings (SSSR count). The highest BCUT2D eigenvalue weighted by atomic mass is 35.5. The van der Waals surface area contributed by atoms with Crippen LogP contribution in [-0.2, 0) is 0 Å². The maximum atomic E-state index is 9.30. The van der Waals surface area contributed by atoms with Gasteiger partial charge in [-0.3, -0.25) is 0 Å². The molecule has 0 amide bonds. The third kappa shape index (κ3) is 5.25. The Morgan fingerprint density at radius 1 is 0.958 bits per heavy atom. The molecule has 0 saturated carbocycles. The van der Waals surface area contributed by atoms with Gasteiger partial charge < -0.3 is 5.21 Å². The van der Waals surface area contributed by atoms with Crippen molar-refractivity contribution >= 4 is 28.9 Å². The first kappa shape index (κ1) is 18.8. The maximum absolute atomic E-state index is 9.30. The summed E-state index contributed by atoms with van der Waals surface area (Å²) in [5.41, 5.74) is 3.64. The molecule has 2 aromatic carbocycles. The average Bonchev–Trinajstić information content (AvgIpc) is 2.59. The molecule has 0 spiro atoms. The Labute approximate surface area is 154 Å². The predicted octanol–water partition coefficient (Wildman–Crippen LogP) is 7.20. The number of halogens is 2. The summed E-state index contributed by atoms with van der Waals surface area (Å²) >= 11 is 12.2. The largest absolute Gasteiger partial charge is 0.411 e. The Morgan fingerprint density at radius 3 is 2.29 bits per heavy atom. The molecular weight excluding hydrogens is 341 g/mol. The highest BCUT2D eigenvalue weighted by Gasteiger charge is 2.08. The Kier molecular flexibility index (Phi) is 7.61. The number of hydrogen-bond acceptors (Lipinski definition) is 2. The monoisotopic (exact) mass is 363 g/mol. The fraction of sp³-hybridized carbons (Fsp3) is 0.350. The quantitative estimate of drug-likeness (QED) is 0.228. The van der Waals surface area contributed by atoms with Crippen molar-refractivity contribution in [3.63, 3.8) is 0 Å². The summed E-state index contributed by atoms with van der Waals surface area (Å²) in [6, 6.07) is 13.4. The van der Waals surface area contributed by atoms with Gasteiger partial charge in [-0.1, -0.05) is 91.3 Å². The zero-order valence-corrected chi connectivity index (χ0v) is 15.4. The van der Waals surface area contributed by atoms with Crippen LogP contribution in [0.25, 0.3) is 11.1 Å². The molecule has 4 heteroatoms. The van der Waals surface area contributed by atoms with Crippen LogP contribution >= 0.6 is 23.2 Å². The Hall–Kier alpha value is -1.51. The maximum Gasteiger partial charge on any atom is 0.0867 e. The van der Waals surface area contributed by atoms with Crippen molar-refractivity contribution in [2.45, 2.75) is 45.4 Å². The number of benzene rings is 2. The second-order valence-electron chi connectivity index (χ2n) is 5.91. The summed E-state index contributed by atoms with van der Waals surface area (Å²) in [7, 11) is 0. The van der Waals surface area contributed by atoms with E-state index in [0.29, 0.717) is 10.0 Å². The summed E-state index contributed by atoms with van der Waals surface area (Å²) in [5.74, 6) is 0. The van der Waals surface area contributed by atoms with Crippen molar-refractivity contribution in [3.8, 4) is 11.1 Å². The molecule has 0 heterocycles. The predicted molar refractivity (Wildman–Crippen MR) is 104 cm³/mol. The van der Waals surface area contributed by atoms with Crippen molar-refractivity contribution in [2.24, 2.45) is 5.16 Å². The van der Waals surface area contributed by atoms with E-state index in [4.69, 9.17) is 23.2 Å². The number of unbranched alkanes of at least 4 members (excludes halogenated alkanes) is 4. The summed E-state index contributed by atoms with van der Waals surface area (Å²) in [4.78, 5) is 0. The van der Waals surface area contributed by atoms with Crippen LogP contribution in [-0.4, -0.2) is 10.9 Å². The van der Waals surface area contributed by atoms with Crippen molar-refractivity contribution < 1.29 is 5.21 Å². The summed E-state index contributed by atoms with van der Waals surface area (Å²) in [6.45, 7) is 2.20. The van der Waals surface area contributed by atoms with Crippen LogP contribution in [0.3, 0.4) is 0 Å². The van der Waals surface area contributed by atoms with E-state index < -0.39 is 0 Å². The smallest absolute Gasteiger partial charge is 0.0867 e. The molecule has 0 saturated heterocycles. The molecule has 0 fully saturated rings. The molecule has 128 valence electrons. The van der Waals surface area contributed by atoms with Gasteiger partial charge in [0.05, 0.1) is 5.71 Å². The van der Waals surface area contributed by atoms with E-state index >= 15 is 0 Å². The van der Waals surface area contributed by atoms with Gasteiger partial charge in [-0.15, -0.1) is 0 Å². The first-order valence-electron chi connectivity index (χ1n) is 8.42. The molecule has 0 unspecified atom stereocenters. The van der Waals surface area contributed by atoms with Gasteiger partial charge in [0.1, 0.15) is 0 Å². The van der Waals surface area contributed by atoms with Crippen LogP contribution in [0.4, 0.5) is 0 Å². The standard InChI is InChI=1S/C20H23Cl2NO/c1-2-3-4-5-6-7-20(23-24)16-10-8-15(9-11-16)18-13-12-17(21)14-19(18)22/h8-14,24H,2-7H2,1H3. The average molecular weight is 364 g/mol. The molecule has 2 nitrogen and oxygen atoms in total. The van der Waals surface area contributed by atoms with Crippen molar-refractivity contribution in [3.05, 3.63) is 58.1 Å². The van der Waals surface area contributed by atoms with Crippen LogP contribution in [0.15, 0.2) is 47.6 Å². The first-order chi connectivity index (χ1) is 11.7. The molecule has 0 aliphatic carbocycles. The number of nitrogens with zero attached hydrogens (tertiary/aromatic N) is 1. The molecule has 0 aliphatic rings. The Balaban J connectivity index is 2.04. The zero-order chi connectivity index (χ0) is 17.4. The SMILES string of the molecule is CCCCCCCC(=NO)c1ccc(-c2ccc(Cl)cc2Cl)cc1. The minimum absolute atomic E-state index is 0.623. The van der Waals surface area contributed by atoms with Gasteiger partial charge >= 0.3 is 0 Å². The van der Waals surface area contributed by atoms with Crippen LogP contribution in [0.5, 0.6) is 0 Å². The molecule has 0 radical (unpaired) electrons. The second kappa shape index (κ2) is 9.71. The topological polar surface area (TPSA) is 32.6 Å². The van der Waals surface area contributed by atoms with Crippen LogP contribution < -0.4 is 0 Å². The summed E-state index contributed by atoms with van der Waals surface area (Å²) in [5, 5.41) is 14.0. The molecule has 2 aromatic rings. The zero-order valence-electron chi connectivity index (χ0n) is 13.9. The lowest BCUT2D eigenvalue weighted by atomic mass is 9.99. The lowest BCUT2D eigenvalue weighted by molar-refractivity contribution is 0.317. The molecule has 0 aromatic heterocycles. The van der Waals surface area contributed by atoms with Gasteiger partial charge in [0, 0.05) is 15.6 Å². The fourth-order valence-electron chi connectivity index (χ4n) is 2.71. The van der Waals surface area contributed by atoms with E-state index in [1.54, 1.807) is 6.07 Å². The molecule has 0 aliphatic heterocycles. The molecular formula is C20H23Cl2NO. The van der Waals surface area contributed by atoms with E-state index in [9.17, 15) is 5.21 Å². The van der Waals surface area contributed by atoms with Crippen molar-refractivity contribution in [2.75, 3.05) is 0 Å². The number of hydrogen-bond donors (Lipinski definition) is 1. The molecule has 0 bridgehead atoms. The minimum Gasteiger partial charge on any atom is -0.411 e. The molecule has 24 heavy (non-hydrogen) atoms. The van der Waals surface area contributed by atoms with Gasteiger partial charge in [0.15, 0.2) is 0 Å². The highest BCUT2D eigenvalue weighted by Crippen LogP contribution is 2.30. The van der Waals surface area contributed by atoms with Gasteiger partial charge in [-0.2, -0.15) is 0 Å². The molecule has 0 atom stereocenters.